The van der Waals surface area contributed by atoms with E-state index >= 15 is 0 Å². The van der Waals surface area contributed by atoms with Gasteiger partial charge in [-0.1, -0.05) is 0 Å². The van der Waals surface area contributed by atoms with Crippen molar-refractivity contribution in [3.05, 3.63) is 12.4 Å². The van der Waals surface area contributed by atoms with E-state index in [2.05, 4.69) is 16.5 Å². The molecule has 0 aliphatic heterocycles. The van der Waals surface area contributed by atoms with Gasteiger partial charge in [0.1, 0.15) is 0 Å². The quantitative estimate of drug-likeness (QED) is 0.695. The molecule has 0 radical (unpaired) electrons. The summed E-state index contributed by atoms with van der Waals surface area (Å²) < 4.78 is 1.76. The van der Waals surface area contributed by atoms with Crippen molar-refractivity contribution >= 4 is 5.69 Å². The van der Waals surface area contributed by atoms with E-state index in [1.165, 1.54) is 0 Å². The summed E-state index contributed by atoms with van der Waals surface area (Å²) in [6.07, 6.45) is 6.37. The average molecular weight is 178 g/mol. The Labute approximate surface area is 78.2 Å². The van der Waals surface area contributed by atoms with Crippen LogP contribution < -0.4 is 5.32 Å². The zero-order chi connectivity index (χ0) is 9.52. The van der Waals surface area contributed by atoms with Gasteiger partial charge in [0.2, 0.25) is 0 Å². The van der Waals surface area contributed by atoms with Crippen LogP contribution in [0.25, 0.3) is 0 Å². The van der Waals surface area contributed by atoms with Crippen molar-refractivity contribution < 1.29 is 0 Å². The minimum absolute atomic E-state index is 0.648. The lowest BCUT2D eigenvalue weighted by Crippen LogP contribution is -1.99. The van der Waals surface area contributed by atoms with Crippen molar-refractivity contribution in [2.45, 2.75) is 19.3 Å². The normalized spacial score (nSPS) is 9.54. The van der Waals surface area contributed by atoms with Crippen LogP contribution >= 0.6 is 0 Å². The van der Waals surface area contributed by atoms with Gasteiger partial charge in [-0.15, -0.1) is 0 Å². The maximum atomic E-state index is 8.30. The molecule has 70 valence electrons. The van der Waals surface area contributed by atoms with Crippen molar-refractivity contribution in [3.63, 3.8) is 0 Å². The summed E-state index contributed by atoms with van der Waals surface area (Å²) >= 11 is 0. The molecule has 1 N–H and O–H groups in total. The van der Waals surface area contributed by atoms with E-state index in [4.69, 9.17) is 5.26 Å². The maximum absolute atomic E-state index is 8.30. The van der Waals surface area contributed by atoms with Gasteiger partial charge in [0.25, 0.3) is 0 Å². The summed E-state index contributed by atoms with van der Waals surface area (Å²) in [4.78, 5) is 0. The first-order chi connectivity index (χ1) is 6.33. The molecule has 0 amide bonds. The van der Waals surface area contributed by atoms with Crippen LogP contribution in [0.1, 0.15) is 19.3 Å². The summed E-state index contributed by atoms with van der Waals surface area (Å²) in [6.45, 7) is 0.910. The molecule has 0 unspecified atom stereocenters. The van der Waals surface area contributed by atoms with Crippen LogP contribution in [-0.4, -0.2) is 16.3 Å². The lowest BCUT2D eigenvalue weighted by molar-refractivity contribution is 0.767. The molecular weight excluding hydrogens is 164 g/mol. The smallest absolute Gasteiger partial charge is 0.0726 e. The lowest BCUT2D eigenvalue weighted by Gasteiger charge is -2.00. The van der Waals surface area contributed by atoms with E-state index in [0.29, 0.717) is 6.42 Å². The van der Waals surface area contributed by atoms with Crippen LogP contribution in [0.15, 0.2) is 12.4 Å². The first kappa shape index (κ1) is 9.59. The van der Waals surface area contributed by atoms with E-state index < -0.39 is 0 Å². The predicted molar refractivity (Wildman–Crippen MR) is 51.2 cm³/mol. The molecule has 0 atom stereocenters. The maximum Gasteiger partial charge on any atom is 0.0726 e. The summed E-state index contributed by atoms with van der Waals surface area (Å²) in [5, 5.41) is 15.6. The number of nitriles is 1. The molecule has 4 nitrogen and oxygen atoms in total. The Morgan fingerprint density at radius 3 is 3.08 bits per heavy atom. The number of unbranched alkanes of at least 4 members (excludes halogenated alkanes) is 2. The van der Waals surface area contributed by atoms with Crippen LogP contribution in [0.4, 0.5) is 5.69 Å². The molecule has 0 saturated carbocycles. The van der Waals surface area contributed by atoms with Crippen LogP contribution in [0.2, 0.25) is 0 Å². The molecule has 0 bridgehead atoms. The zero-order valence-electron chi connectivity index (χ0n) is 7.82. The molecule has 1 rings (SSSR count). The third-order valence-electron chi connectivity index (χ3n) is 1.75. The van der Waals surface area contributed by atoms with E-state index in [0.717, 1.165) is 25.1 Å². The molecule has 0 aliphatic rings. The van der Waals surface area contributed by atoms with Gasteiger partial charge in [-0.3, -0.25) is 4.68 Å². The fraction of sp³-hybridized carbons (Fsp3) is 0.556. The van der Waals surface area contributed by atoms with Crippen LogP contribution in [0.5, 0.6) is 0 Å². The Bertz CT molecular complexity index is 284. The van der Waals surface area contributed by atoms with Gasteiger partial charge in [0.05, 0.1) is 18.0 Å². The van der Waals surface area contributed by atoms with Crippen molar-refractivity contribution in [1.29, 1.82) is 5.26 Å². The molecule has 0 spiro atoms. The average Bonchev–Trinajstić information content (AvgIpc) is 2.51. The Balaban J connectivity index is 2.10. The number of hydrogen-bond donors (Lipinski definition) is 1. The number of anilines is 1. The molecule has 0 aromatic carbocycles. The van der Waals surface area contributed by atoms with Gasteiger partial charge in [0, 0.05) is 26.2 Å². The summed E-state index contributed by atoms with van der Waals surface area (Å²) in [7, 11) is 1.89. The van der Waals surface area contributed by atoms with Crippen molar-refractivity contribution in [2.75, 3.05) is 11.9 Å². The predicted octanol–water partition coefficient (Wildman–Crippen LogP) is 1.53. The second-order valence-corrected chi connectivity index (χ2v) is 2.94. The highest BCUT2D eigenvalue weighted by Gasteiger charge is 1.93. The van der Waals surface area contributed by atoms with Crippen molar-refractivity contribution in [2.24, 2.45) is 7.05 Å². The number of aromatic nitrogens is 2. The van der Waals surface area contributed by atoms with E-state index in [1.54, 1.807) is 10.9 Å². The third-order valence-corrected chi connectivity index (χ3v) is 1.75. The molecule has 13 heavy (non-hydrogen) atoms. The Kier molecular flexibility index (Phi) is 3.83. The summed E-state index contributed by atoms with van der Waals surface area (Å²) in [6, 6.07) is 2.13. The first-order valence-corrected chi connectivity index (χ1v) is 4.42. The van der Waals surface area contributed by atoms with E-state index in [1.807, 2.05) is 13.2 Å². The second kappa shape index (κ2) is 5.20. The zero-order valence-corrected chi connectivity index (χ0v) is 7.82. The van der Waals surface area contributed by atoms with Crippen molar-refractivity contribution in [1.82, 2.24) is 9.78 Å². The van der Waals surface area contributed by atoms with Crippen LogP contribution in [0.3, 0.4) is 0 Å². The molecule has 1 aromatic rings. The van der Waals surface area contributed by atoms with Gasteiger partial charge in [-0.25, -0.2) is 0 Å². The Morgan fingerprint density at radius 1 is 1.62 bits per heavy atom. The molecule has 0 fully saturated rings. The topological polar surface area (TPSA) is 53.6 Å². The first-order valence-electron chi connectivity index (χ1n) is 4.42. The Hall–Kier alpha value is -1.50. The van der Waals surface area contributed by atoms with E-state index in [9.17, 15) is 0 Å². The van der Waals surface area contributed by atoms with Gasteiger partial charge in [-0.2, -0.15) is 10.4 Å². The number of nitrogens with zero attached hydrogens (tertiary/aromatic N) is 3. The second-order valence-electron chi connectivity index (χ2n) is 2.94. The van der Waals surface area contributed by atoms with Gasteiger partial charge in [-0.05, 0) is 12.8 Å². The number of hydrogen-bond acceptors (Lipinski definition) is 3. The minimum atomic E-state index is 0.648. The highest BCUT2D eigenvalue weighted by molar-refractivity contribution is 5.37. The SMILES string of the molecule is Cn1cc(NCCCCC#N)cn1. The van der Waals surface area contributed by atoms with Crippen LogP contribution in [0, 0.1) is 11.3 Å². The van der Waals surface area contributed by atoms with Gasteiger partial charge >= 0.3 is 0 Å². The molecule has 1 heterocycles. The van der Waals surface area contributed by atoms with Crippen LogP contribution in [-0.2, 0) is 7.05 Å². The molecule has 0 aliphatic carbocycles. The largest absolute Gasteiger partial charge is 0.383 e. The monoisotopic (exact) mass is 178 g/mol. The summed E-state index contributed by atoms with van der Waals surface area (Å²) in [5.74, 6) is 0. The Morgan fingerprint density at radius 2 is 2.46 bits per heavy atom. The van der Waals surface area contributed by atoms with Gasteiger partial charge < -0.3 is 5.32 Å². The highest BCUT2D eigenvalue weighted by atomic mass is 15.3. The molecule has 4 heteroatoms. The minimum Gasteiger partial charge on any atom is -0.383 e. The lowest BCUT2D eigenvalue weighted by atomic mass is 10.2. The summed E-state index contributed by atoms with van der Waals surface area (Å²) in [5.41, 5.74) is 1.04. The number of nitrogens with one attached hydrogen (secondary N) is 1. The number of rotatable bonds is 5. The fourth-order valence-electron chi connectivity index (χ4n) is 1.07. The van der Waals surface area contributed by atoms with E-state index in [-0.39, 0.29) is 0 Å². The molecule has 0 saturated heterocycles. The molecule has 1 aromatic heterocycles. The standard InChI is InChI=1S/C9H14N4/c1-13-8-9(7-12-13)11-6-4-2-3-5-10/h7-8,11H,2-4,6H2,1H3. The molecular formula is C9H14N4. The highest BCUT2D eigenvalue weighted by Crippen LogP contribution is 2.03. The fourth-order valence-corrected chi connectivity index (χ4v) is 1.07. The van der Waals surface area contributed by atoms with Gasteiger partial charge in [0.15, 0.2) is 0 Å². The van der Waals surface area contributed by atoms with Crippen molar-refractivity contribution in [3.8, 4) is 6.07 Å². The number of aryl methyl sites for hydroxylation is 1. The third kappa shape index (κ3) is 3.61.